The lowest BCUT2D eigenvalue weighted by Gasteiger charge is -2.11. The van der Waals surface area contributed by atoms with E-state index in [2.05, 4.69) is 14.6 Å². The smallest absolute Gasteiger partial charge is 0.337 e. The molecule has 2 aromatic carbocycles. The van der Waals surface area contributed by atoms with Crippen LogP contribution in [0.3, 0.4) is 0 Å². The Morgan fingerprint density at radius 2 is 2.00 bits per heavy atom. The third kappa shape index (κ3) is 3.47. The molecule has 0 aliphatic rings. The number of carbonyl (C=O) groups is 1. The van der Waals surface area contributed by atoms with Crippen LogP contribution in [-0.4, -0.2) is 31.3 Å². The molecule has 3 aromatic rings. The number of ether oxygens (including phenoxy) is 1. The van der Waals surface area contributed by atoms with Crippen molar-refractivity contribution in [3.05, 3.63) is 59.3 Å². The standard InChI is InChI=1S/C18H19N3O4S/c1-12-8-14(18(22)25-3)5-7-17(12)26(23,24)20-10-13-4-6-16-15(9-13)11-19-21(16)2/h4-9,11,20H,10H2,1-3H3. The third-order valence-corrected chi connectivity index (χ3v) is 5.72. The topological polar surface area (TPSA) is 90.3 Å². The molecule has 0 fully saturated rings. The number of benzene rings is 2. The van der Waals surface area contributed by atoms with Gasteiger partial charge in [-0.15, -0.1) is 0 Å². The summed E-state index contributed by atoms with van der Waals surface area (Å²) in [4.78, 5) is 11.7. The molecule has 1 N–H and O–H groups in total. The highest BCUT2D eigenvalue weighted by Gasteiger charge is 2.18. The number of methoxy groups -OCH3 is 1. The van der Waals surface area contributed by atoms with Crippen LogP contribution in [0.2, 0.25) is 0 Å². The first-order valence-corrected chi connectivity index (χ1v) is 9.39. The molecule has 0 saturated heterocycles. The lowest BCUT2D eigenvalue weighted by molar-refractivity contribution is 0.0600. The highest BCUT2D eigenvalue weighted by molar-refractivity contribution is 7.89. The van der Waals surface area contributed by atoms with Crippen molar-refractivity contribution in [2.24, 2.45) is 7.05 Å². The van der Waals surface area contributed by atoms with Crippen LogP contribution in [0.5, 0.6) is 0 Å². The van der Waals surface area contributed by atoms with Gasteiger partial charge in [-0.3, -0.25) is 4.68 Å². The van der Waals surface area contributed by atoms with Gasteiger partial charge in [0.2, 0.25) is 10.0 Å². The Bertz CT molecular complexity index is 1090. The summed E-state index contributed by atoms with van der Waals surface area (Å²) in [6.45, 7) is 1.80. The van der Waals surface area contributed by atoms with Gasteiger partial charge in [-0.2, -0.15) is 5.10 Å². The summed E-state index contributed by atoms with van der Waals surface area (Å²) in [5.74, 6) is -0.505. The van der Waals surface area contributed by atoms with Gasteiger partial charge in [-0.25, -0.2) is 17.9 Å². The first-order valence-electron chi connectivity index (χ1n) is 7.91. The number of nitrogens with one attached hydrogen (secondary N) is 1. The van der Waals surface area contributed by atoms with Crippen LogP contribution < -0.4 is 4.72 Å². The van der Waals surface area contributed by atoms with E-state index in [0.29, 0.717) is 11.1 Å². The molecule has 0 spiro atoms. The Kier molecular flexibility index (Phi) is 4.80. The highest BCUT2D eigenvalue weighted by atomic mass is 32.2. The van der Waals surface area contributed by atoms with E-state index in [1.807, 2.05) is 25.2 Å². The Morgan fingerprint density at radius 1 is 1.23 bits per heavy atom. The van der Waals surface area contributed by atoms with Crippen LogP contribution in [0.15, 0.2) is 47.5 Å². The molecule has 0 bridgehead atoms. The van der Waals surface area contributed by atoms with Crippen LogP contribution in [0, 0.1) is 6.92 Å². The van der Waals surface area contributed by atoms with Gasteiger partial charge in [0.1, 0.15) is 0 Å². The zero-order chi connectivity index (χ0) is 18.9. The largest absolute Gasteiger partial charge is 0.465 e. The predicted molar refractivity (Wildman–Crippen MR) is 97.3 cm³/mol. The fraction of sp³-hybridized carbons (Fsp3) is 0.222. The minimum atomic E-state index is -3.71. The average Bonchev–Trinajstić information content (AvgIpc) is 2.99. The van der Waals surface area contributed by atoms with Gasteiger partial charge in [-0.1, -0.05) is 6.07 Å². The van der Waals surface area contributed by atoms with Crippen molar-refractivity contribution < 1.29 is 17.9 Å². The number of carbonyl (C=O) groups excluding carboxylic acids is 1. The molecule has 0 amide bonds. The van der Waals surface area contributed by atoms with Gasteiger partial charge in [0.15, 0.2) is 0 Å². The zero-order valence-corrected chi connectivity index (χ0v) is 15.5. The van der Waals surface area contributed by atoms with Crippen molar-refractivity contribution in [1.29, 1.82) is 0 Å². The van der Waals surface area contributed by atoms with Gasteiger partial charge in [0.25, 0.3) is 0 Å². The van der Waals surface area contributed by atoms with Crippen molar-refractivity contribution in [3.8, 4) is 0 Å². The van der Waals surface area contributed by atoms with Crippen molar-refractivity contribution >= 4 is 26.9 Å². The summed E-state index contributed by atoms with van der Waals surface area (Å²) >= 11 is 0. The second-order valence-corrected chi connectivity index (χ2v) is 7.69. The lowest BCUT2D eigenvalue weighted by Crippen LogP contribution is -2.24. The minimum Gasteiger partial charge on any atom is -0.465 e. The van der Waals surface area contributed by atoms with Crippen LogP contribution in [-0.2, 0) is 28.4 Å². The monoisotopic (exact) mass is 373 g/mol. The lowest BCUT2D eigenvalue weighted by atomic mass is 10.1. The fourth-order valence-electron chi connectivity index (χ4n) is 2.77. The second kappa shape index (κ2) is 6.89. The molecular formula is C18H19N3O4S. The Morgan fingerprint density at radius 3 is 2.69 bits per heavy atom. The number of hydrogen-bond donors (Lipinski definition) is 1. The van der Waals surface area contributed by atoms with Crippen molar-refractivity contribution in [3.63, 3.8) is 0 Å². The van der Waals surface area contributed by atoms with E-state index in [4.69, 9.17) is 0 Å². The zero-order valence-electron chi connectivity index (χ0n) is 14.7. The maximum Gasteiger partial charge on any atom is 0.337 e. The van der Waals surface area contributed by atoms with Gasteiger partial charge in [-0.05, 0) is 48.4 Å². The van der Waals surface area contributed by atoms with Crippen molar-refractivity contribution in [1.82, 2.24) is 14.5 Å². The molecular weight excluding hydrogens is 354 g/mol. The van der Waals surface area contributed by atoms with Crippen LogP contribution in [0.1, 0.15) is 21.5 Å². The van der Waals surface area contributed by atoms with E-state index >= 15 is 0 Å². The summed E-state index contributed by atoms with van der Waals surface area (Å²) in [6.07, 6.45) is 1.74. The maximum atomic E-state index is 12.6. The molecule has 8 heteroatoms. The van der Waals surface area contributed by atoms with E-state index in [1.54, 1.807) is 17.8 Å². The summed E-state index contributed by atoms with van der Waals surface area (Å²) in [5.41, 5.74) is 2.60. The first kappa shape index (κ1) is 18.1. The number of aromatic nitrogens is 2. The summed E-state index contributed by atoms with van der Waals surface area (Å²) in [5, 5.41) is 5.12. The number of rotatable bonds is 5. The Balaban J connectivity index is 1.80. The first-order chi connectivity index (χ1) is 12.3. The quantitative estimate of drug-likeness (QED) is 0.692. The maximum absolute atomic E-state index is 12.6. The van der Waals surface area contributed by atoms with Gasteiger partial charge in [0.05, 0.1) is 29.3 Å². The molecule has 0 unspecified atom stereocenters. The van der Waals surface area contributed by atoms with Crippen LogP contribution in [0.4, 0.5) is 0 Å². The molecule has 1 aromatic heterocycles. The van der Waals surface area contributed by atoms with Gasteiger partial charge >= 0.3 is 5.97 Å². The Labute approximate surface area is 151 Å². The van der Waals surface area contributed by atoms with E-state index in [1.165, 1.54) is 25.3 Å². The highest BCUT2D eigenvalue weighted by Crippen LogP contribution is 2.19. The Hall–Kier alpha value is -2.71. The van der Waals surface area contributed by atoms with Crippen LogP contribution >= 0.6 is 0 Å². The third-order valence-electron chi connectivity index (χ3n) is 4.16. The molecule has 0 atom stereocenters. The number of fused-ring (bicyclic) bond motifs is 1. The number of sulfonamides is 1. The second-order valence-electron chi connectivity index (χ2n) is 5.96. The SMILES string of the molecule is COC(=O)c1ccc(S(=O)(=O)NCc2ccc3c(cnn3C)c2)c(C)c1. The van der Waals surface area contributed by atoms with Crippen molar-refractivity contribution in [2.45, 2.75) is 18.4 Å². The normalized spacial score (nSPS) is 11.7. The minimum absolute atomic E-state index is 0.132. The summed E-state index contributed by atoms with van der Waals surface area (Å²) in [6, 6.07) is 10.0. The molecule has 0 radical (unpaired) electrons. The molecule has 0 aliphatic carbocycles. The fourth-order valence-corrected chi connectivity index (χ4v) is 4.02. The van der Waals surface area contributed by atoms with E-state index in [-0.39, 0.29) is 11.4 Å². The average molecular weight is 373 g/mol. The molecule has 0 saturated carbocycles. The molecule has 1 heterocycles. The number of aryl methyl sites for hydroxylation is 2. The van der Waals surface area contributed by atoms with Crippen LogP contribution in [0.25, 0.3) is 10.9 Å². The molecule has 0 aliphatic heterocycles. The number of nitrogens with zero attached hydrogens (tertiary/aromatic N) is 2. The number of hydrogen-bond acceptors (Lipinski definition) is 5. The molecule has 136 valence electrons. The molecule has 3 rings (SSSR count). The van der Waals surface area contributed by atoms with Crippen molar-refractivity contribution in [2.75, 3.05) is 7.11 Å². The van der Waals surface area contributed by atoms with E-state index < -0.39 is 16.0 Å². The van der Waals surface area contributed by atoms with E-state index in [9.17, 15) is 13.2 Å². The number of esters is 1. The van der Waals surface area contributed by atoms with E-state index in [0.717, 1.165) is 16.5 Å². The summed E-state index contributed by atoms with van der Waals surface area (Å²) in [7, 11) is -0.576. The predicted octanol–water partition coefficient (Wildman–Crippen LogP) is 2.15. The van der Waals surface area contributed by atoms with Gasteiger partial charge in [0, 0.05) is 19.0 Å². The molecule has 26 heavy (non-hydrogen) atoms. The van der Waals surface area contributed by atoms with Gasteiger partial charge < -0.3 is 4.74 Å². The molecule has 7 nitrogen and oxygen atoms in total. The summed E-state index contributed by atoms with van der Waals surface area (Å²) < 4.78 is 34.2.